The molecule has 0 aliphatic rings. The third kappa shape index (κ3) is 4.38. The zero-order valence-electron chi connectivity index (χ0n) is 8.84. The Bertz CT molecular complexity index is 373. The molecule has 0 bridgehead atoms. The van der Waals surface area contributed by atoms with Crippen molar-refractivity contribution < 1.29 is 5.11 Å². The molecule has 3 N–H and O–H groups in total. The minimum atomic E-state index is -0.0369. The zero-order chi connectivity index (χ0) is 11.6. The van der Waals surface area contributed by atoms with Gasteiger partial charge in [-0.1, -0.05) is 5.57 Å². The lowest BCUT2D eigenvalue weighted by atomic mass is 10.0. The Morgan fingerprint density at radius 1 is 1.44 bits per heavy atom. The molecule has 0 amide bonds. The van der Waals surface area contributed by atoms with Crippen LogP contribution in [0, 0.1) is 7.14 Å². The predicted octanol–water partition coefficient (Wildman–Crippen LogP) is 3.99. The Balaban J connectivity index is 0.00000225. The van der Waals surface area contributed by atoms with Crippen molar-refractivity contribution in [3.05, 3.63) is 37.0 Å². The molecule has 0 saturated heterocycles. The van der Waals surface area contributed by atoms with Gasteiger partial charge in [0.05, 0.1) is 7.14 Å². The van der Waals surface area contributed by atoms with E-state index in [1.54, 1.807) is 0 Å². The average molecular weight is 466 g/mol. The lowest BCUT2D eigenvalue weighted by Gasteiger charge is -2.13. The maximum atomic E-state index is 9.62. The first-order chi connectivity index (χ1) is 6.91. The molecule has 0 aromatic heterocycles. The normalized spacial score (nSPS) is 11.8. The maximum Gasteiger partial charge on any atom is 0.142 e. The molecule has 0 aliphatic carbocycles. The van der Waals surface area contributed by atoms with Gasteiger partial charge in [0.25, 0.3) is 0 Å². The number of hydrogen-bond acceptors (Lipinski definition) is 2. The molecule has 0 aliphatic heterocycles. The van der Waals surface area contributed by atoms with Gasteiger partial charge in [0.1, 0.15) is 5.75 Å². The molecule has 0 saturated carbocycles. The van der Waals surface area contributed by atoms with Crippen molar-refractivity contribution in [1.29, 1.82) is 0 Å². The third-order valence-electron chi connectivity index (χ3n) is 2.04. The van der Waals surface area contributed by atoms with Crippen LogP contribution in [-0.2, 0) is 0 Å². The number of hydrogen-bond donors (Lipinski definition) is 2. The highest BCUT2D eigenvalue weighted by atomic mass is 127. The summed E-state index contributed by atoms with van der Waals surface area (Å²) in [6.45, 7) is 5.82. The predicted molar refractivity (Wildman–Crippen MR) is 87.1 cm³/mol. The van der Waals surface area contributed by atoms with Gasteiger partial charge in [0.15, 0.2) is 0 Å². The van der Waals surface area contributed by atoms with E-state index in [4.69, 9.17) is 5.73 Å². The van der Waals surface area contributed by atoms with E-state index in [1.165, 1.54) is 0 Å². The van der Waals surface area contributed by atoms with Crippen LogP contribution in [0.4, 0.5) is 0 Å². The van der Waals surface area contributed by atoms with Gasteiger partial charge >= 0.3 is 0 Å². The van der Waals surface area contributed by atoms with Gasteiger partial charge in [0, 0.05) is 6.04 Å². The van der Waals surface area contributed by atoms with Crippen molar-refractivity contribution in [1.82, 2.24) is 0 Å². The van der Waals surface area contributed by atoms with E-state index in [1.807, 2.05) is 19.1 Å². The summed E-state index contributed by atoms with van der Waals surface area (Å²) in [6, 6.07) is 3.81. The first-order valence-electron chi connectivity index (χ1n) is 4.49. The number of phenols is 1. The number of benzene rings is 1. The minimum absolute atomic E-state index is 0. The van der Waals surface area contributed by atoms with Crippen LogP contribution < -0.4 is 5.73 Å². The fourth-order valence-corrected chi connectivity index (χ4v) is 3.11. The smallest absolute Gasteiger partial charge is 0.142 e. The summed E-state index contributed by atoms with van der Waals surface area (Å²) in [7, 11) is 0. The van der Waals surface area contributed by atoms with Crippen molar-refractivity contribution in [2.24, 2.45) is 5.73 Å². The molecule has 0 fully saturated rings. The van der Waals surface area contributed by atoms with E-state index in [2.05, 4.69) is 51.8 Å². The lowest BCUT2D eigenvalue weighted by molar-refractivity contribution is 0.467. The standard InChI is InChI=1S/C11H13I2NO.ClH/c1-6(2)3-10(14)7-4-8(12)11(15)9(13)5-7;/h4-5,10,15H,1,3,14H2,2H3;1H/t10-;/m0./s1. The highest BCUT2D eigenvalue weighted by molar-refractivity contribution is 14.1. The van der Waals surface area contributed by atoms with Crippen LogP contribution in [0.2, 0.25) is 0 Å². The van der Waals surface area contributed by atoms with Crippen LogP contribution in [0.15, 0.2) is 24.3 Å². The second kappa shape index (κ2) is 7.03. The fraction of sp³-hybridized carbons (Fsp3) is 0.273. The molecule has 16 heavy (non-hydrogen) atoms. The third-order valence-corrected chi connectivity index (χ3v) is 3.68. The monoisotopic (exact) mass is 465 g/mol. The van der Waals surface area contributed by atoms with E-state index in [-0.39, 0.29) is 18.4 Å². The van der Waals surface area contributed by atoms with Gasteiger partial charge in [-0.15, -0.1) is 19.0 Å². The number of halogens is 3. The van der Waals surface area contributed by atoms with E-state index >= 15 is 0 Å². The van der Waals surface area contributed by atoms with Crippen molar-refractivity contribution in [2.75, 3.05) is 0 Å². The Hall–Kier alpha value is 0.470. The van der Waals surface area contributed by atoms with Crippen molar-refractivity contribution in [3.8, 4) is 5.75 Å². The molecule has 0 spiro atoms. The summed E-state index contributed by atoms with van der Waals surface area (Å²) in [5, 5.41) is 9.62. The van der Waals surface area contributed by atoms with Crippen LogP contribution >= 0.6 is 57.6 Å². The van der Waals surface area contributed by atoms with Crippen molar-refractivity contribution in [2.45, 2.75) is 19.4 Å². The van der Waals surface area contributed by atoms with Gasteiger partial charge in [-0.05, 0) is 76.2 Å². The van der Waals surface area contributed by atoms with Crippen LogP contribution in [0.5, 0.6) is 5.75 Å². The molecule has 2 nitrogen and oxygen atoms in total. The highest BCUT2D eigenvalue weighted by Gasteiger charge is 2.11. The van der Waals surface area contributed by atoms with Gasteiger partial charge in [-0.2, -0.15) is 0 Å². The van der Waals surface area contributed by atoms with Crippen LogP contribution in [0.1, 0.15) is 24.9 Å². The first kappa shape index (κ1) is 16.5. The topological polar surface area (TPSA) is 46.2 Å². The molecule has 0 radical (unpaired) electrons. The second-order valence-electron chi connectivity index (χ2n) is 3.60. The summed E-state index contributed by atoms with van der Waals surface area (Å²) in [6.07, 6.45) is 0.775. The molecule has 1 aromatic rings. The SMILES string of the molecule is C=C(C)C[C@H](N)c1cc(I)c(O)c(I)c1.Cl. The van der Waals surface area contributed by atoms with E-state index < -0.39 is 0 Å². The van der Waals surface area contributed by atoms with Gasteiger partial charge in [-0.25, -0.2) is 0 Å². The largest absolute Gasteiger partial charge is 0.506 e. The quantitative estimate of drug-likeness (QED) is 0.524. The molecule has 1 atom stereocenters. The minimum Gasteiger partial charge on any atom is -0.506 e. The zero-order valence-corrected chi connectivity index (χ0v) is 14.0. The summed E-state index contributed by atoms with van der Waals surface area (Å²) < 4.78 is 1.68. The lowest BCUT2D eigenvalue weighted by Crippen LogP contribution is -2.11. The molecule has 1 rings (SSSR count). The Labute approximate surface area is 129 Å². The molecule has 0 heterocycles. The number of rotatable bonds is 3. The van der Waals surface area contributed by atoms with Gasteiger partial charge in [0.2, 0.25) is 0 Å². The Morgan fingerprint density at radius 2 is 1.88 bits per heavy atom. The molecule has 5 heteroatoms. The van der Waals surface area contributed by atoms with Gasteiger partial charge in [-0.3, -0.25) is 0 Å². The van der Waals surface area contributed by atoms with Crippen molar-refractivity contribution in [3.63, 3.8) is 0 Å². The van der Waals surface area contributed by atoms with E-state index in [0.717, 1.165) is 24.7 Å². The van der Waals surface area contributed by atoms with E-state index in [9.17, 15) is 5.11 Å². The number of aromatic hydroxyl groups is 1. The highest BCUT2D eigenvalue weighted by Crippen LogP contribution is 2.30. The molecule has 0 unspecified atom stereocenters. The molecule has 90 valence electrons. The molecular formula is C11H14ClI2NO. The summed E-state index contributed by atoms with van der Waals surface area (Å²) in [5.74, 6) is 0.336. The van der Waals surface area contributed by atoms with Gasteiger partial charge < -0.3 is 10.8 Å². The fourth-order valence-electron chi connectivity index (χ4n) is 1.29. The van der Waals surface area contributed by atoms with E-state index in [0.29, 0.717) is 5.75 Å². The van der Waals surface area contributed by atoms with Crippen LogP contribution in [-0.4, -0.2) is 5.11 Å². The number of phenolic OH excluding ortho intramolecular Hbond substituents is 1. The Morgan fingerprint density at radius 3 is 2.25 bits per heavy atom. The molecular weight excluding hydrogens is 451 g/mol. The Kier molecular flexibility index (Phi) is 7.23. The summed E-state index contributed by atoms with van der Waals surface area (Å²) in [5.41, 5.74) is 8.15. The van der Waals surface area contributed by atoms with Crippen molar-refractivity contribution >= 4 is 57.6 Å². The van der Waals surface area contributed by atoms with Crippen LogP contribution in [0.3, 0.4) is 0 Å². The molecule has 1 aromatic carbocycles. The summed E-state index contributed by atoms with van der Waals surface area (Å²) >= 11 is 4.22. The second-order valence-corrected chi connectivity index (χ2v) is 5.93. The van der Waals surface area contributed by atoms with Crippen LogP contribution in [0.25, 0.3) is 0 Å². The first-order valence-corrected chi connectivity index (χ1v) is 6.65. The average Bonchev–Trinajstić information content (AvgIpc) is 2.12. The number of nitrogens with two attached hydrogens (primary N) is 1. The maximum absolute atomic E-state index is 9.62. The summed E-state index contributed by atoms with van der Waals surface area (Å²) in [4.78, 5) is 0.